The molecule has 4 heterocycles. The van der Waals surface area contributed by atoms with Crippen LogP contribution in [0.25, 0.3) is 0 Å². The van der Waals surface area contributed by atoms with Gasteiger partial charge in [-0.1, -0.05) is 12.1 Å². The van der Waals surface area contributed by atoms with Crippen LogP contribution < -0.4 is 10.2 Å². The molecular weight excluding hydrogens is 406 g/mol. The number of nitrogens with one attached hydrogen (secondary N) is 1. The van der Waals surface area contributed by atoms with Crippen molar-refractivity contribution in [3.8, 4) is 5.75 Å². The number of thiocarbonyl (C=S) groups is 1. The maximum Gasteiger partial charge on any atom is 0.174 e. The van der Waals surface area contributed by atoms with Gasteiger partial charge in [0.25, 0.3) is 0 Å². The first-order valence-electron chi connectivity index (χ1n) is 10.1. The highest BCUT2D eigenvalue weighted by molar-refractivity contribution is 7.80. The predicted octanol–water partition coefficient (Wildman–Crippen LogP) is 4.21. The summed E-state index contributed by atoms with van der Waals surface area (Å²) in [5.41, 5.74) is 3.91. The lowest BCUT2D eigenvalue weighted by Gasteiger charge is -2.29. The summed E-state index contributed by atoms with van der Waals surface area (Å²) in [5, 5.41) is 13.9. The summed E-state index contributed by atoms with van der Waals surface area (Å²) in [6, 6.07) is 22.9. The molecule has 1 aliphatic rings. The van der Waals surface area contributed by atoms with Crippen molar-refractivity contribution in [3.63, 3.8) is 0 Å². The first-order valence-corrected chi connectivity index (χ1v) is 10.5. The normalized spacial score (nSPS) is 18.2. The van der Waals surface area contributed by atoms with Crippen LogP contribution in [0, 0.1) is 0 Å². The number of aromatic nitrogens is 3. The van der Waals surface area contributed by atoms with Crippen molar-refractivity contribution in [2.24, 2.45) is 0 Å². The first kappa shape index (κ1) is 19.3. The van der Waals surface area contributed by atoms with E-state index >= 15 is 0 Å². The summed E-state index contributed by atoms with van der Waals surface area (Å²) in [5.74, 6) is 0.221. The highest BCUT2D eigenvalue weighted by atomic mass is 32.1. The van der Waals surface area contributed by atoms with Crippen LogP contribution in [-0.4, -0.2) is 24.8 Å². The number of pyridine rings is 2. The van der Waals surface area contributed by atoms with Crippen molar-refractivity contribution in [1.29, 1.82) is 0 Å². The van der Waals surface area contributed by atoms with Crippen LogP contribution in [0.5, 0.6) is 5.75 Å². The molecule has 3 aromatic heterocycles. The Balaban J connectivity index is 1.60. The van der Waals surface area contributed by atoms with E-state index in [1.807, 2.05) is 60.8 Å². The molecule has 0 aliphatic carbocycles. The lowest BCUT2D eigenvalue weighted by atomic mass is 10.0. The number of anilines is 1. The van der Waals surface area contributed by atoms with E-state index < -0.39 is 0 Å². The summed E-state index contributed by atoms with van der Waals surface area (Å²) in [6.07, 6.45) is 5.67. The minimum atomic E-state index is -0.125. The molecule has 0 saturated carbocycles. The summed E-state index contributed by atoms with van der Waals surface area (Å²) in [7, 11) is 0. The number of phenolic OH excluding ortho intramolecular Hbond substituents is 1. The first-order chi connectivity index (χ1) is 15.2. The summed E-state index contributed by atoms with van der Waals surface area (Å²) in [4.78, 5) is 11.2. The molecule has 31 heavy (non-hydrogen) atoms. The molecule has 1 aromatic carbocycles. The van der Waals surface area contributed by atoms with E-state index in [4.69, 9.17) is 12.2 Å². The standard InChI is InChI=1S/C24H21N5OS/c30-19-11-9-18(10-12-19)29-23(22(27-24(29)31)20-7-2-4-14-26-20)21-8-5-15-28(21)16-17-6-1-3-13-25-17/h1-15,22-23,30H,16H2,(H,27,31)/t22-,23+/m0/s1. The predicted molar refractivity (Wildman–Crippen MR) is 124 cm³/mol. The number of nitrogens with zero attached hydrogens (tertiary/aromatic N) is 4. The average Bonchev–Trinajstić information content (AvgIpc) is 3.39. The van der Waals surface area contributed by atoms with Gasteiger partial charge in [0.05, 0.1) is 24.0 Å². The summed E-state index contributed by atoms with van der Waals surface area (Å²) >= 11 is 5.76. The van der Waals surface area contributed by atoms with Crippen molar-refractivity contribution >= 4 is 23.0 Å². The maximum absolute atomic E-state index is 9.77. The van der Waals surface area contributed by atoms with Gasteiger partial charge in [-0.15, -0.1) is 0 Å². The van der Waals surface area contributed by atoms with Gasteiger partial charge in [0.2, 0.25) is 0 Å². The zero-order valence-corrected chi connectivity index (χ0v) is 17.5. The van der Waals surface area contributed by atoms with E-state index in [9.17, 15) is 5.11 Å². The molecule has 154 valence electrons. The third kappa shape index (κ3) is 3.75. The van der Waals surface area contributed by atoms with Crippen LogP contribution in [0.15, 0.2) is 91.4 Å². The highest BCUT2D eigenvalue weighted by Crippen LogP contribution is 2.41. The van der Waals surface area contributed by atoms with Gasteiger partial charge in [0, 0.05) is 30.0 Å². The number of hydrogen-bond acceptors (Lipinski definition) is 4. The molecule has 5 rings (SSSR count). The smallest absolute Gasteiger partial charge is 0.174 e. The third-order valence-electron chi connectivity index (χ3n) is 5.45. The number of phenols is 1. The number of benzene rings is 1. The average molecular weight is 428 g/mol. The van der Waals surface area contributed by atoms with E-state index in [1.54, 1.807) is 18.3 Å². The quantitative estimate of drug-likeness (QED) is 0.465. The molecule has 1 fully saturated rings. The zero-order chi connectivity index (χ0) is 21.2. The number of hydrogen-bond donors (Lipinski definition) is 2. The van der Waals surface area contributed by atoms with Crippen LogP contribution in [0.2, 0.25) is 0 Å². The Morgan fingerprint density at radius 3 is 2.39 bits per heavy atom. The van der Waals surface area contributed by atoms with E-state index in [-0.39, 0.29) is 17.8 Å². The fourth-order valence-electron chi connectivity index (χ4n) is 4.05. The van der Waals surface area contributed by atoms with E-state index in [1.165, 1.54) is 0 Å². The van der Waals surface area contributed by atoms with Gasteiger partial charge in [0.1, 0.15) is 11.8 Å². The molecule has 6 nitrogen and oxygen atoms in total. The molecule has 7 heteroatoms. The van der Waals surface area contributed by atoms with Gasteiger partial charge in [-0.2, -0.15) is 0 Å². The molecule has 4 aromatic rings. The lowest BCUT2D eigenvalue weighted by Crippen LogP contribution is -2.30. The van der Waals surface area contributed by atoms with Crippen LogP contribution in [0.4, 0.5) is 5.69 Å². The van der Waals surface area contributed by atoms with Crippen LogP contribution in [0.3, 0.4) is 0 Å². The van der Waals surface area contributed by atoms with Crippen molar-refractivity contribution in [3.05, 3.63) is 108 Å². The molecular formula is C24H21N5OS. The van der Waals surface area contributed by atoms with E-state index in [0.717, 1.165) is 22.8 Å². The third-order valence-corrected chi connectivity index (χ3v) is 5.77. The molecule has 0 bridgehead atoms. The summed E-state index contributed by atoms with van der Waals surface area (Å²) in [6.45, 7) is 0.658. The topological polar surface area (TPSA) is 66.2 Å². The second-order valence-electron chi connectivity index (χ2n) is 7.40. The Morgan fingerprint density at radius 2 is 1.68 bits per heavy atom. The Morgan fingerprint density at radius 1 is 0.903 bits per heavy atom. The van der Waals surface area contributed by atoms with Crippen molar-refractivity contribution in [2.45, 2.75) is 18.6 Å². The maximum atomic E-state index is 9.77. The second-order valence-corrected chi connectivity index (χ2v) is 7.78. The fraction of sp³-hybridized carbons (Fsp3) is 0.125. The lowest BCUT2D eigenvalue weighted by molar-refractivity contribution is 0.475. The molecule has 0 radical (unpaired) electrons. The molecule has 0 unspecified atom stereocenters. The fourth-order valence-corrected chi connectivity index (χ4v) is 4.40. The monoisotopic (exact) mass is 427 g/mol. The Hall–Kier alpha value is -3.71. The number of rotatable bonds is 5. The van der Waals surface area contributed by atoms with E-state index in [0.29, 0.717) is 11.7 Å². The van der Waals surface area contributed by atoms with Crippen LogP contribution in [-0.2, 0) is 6.54 Å². The SMILES string of the molecule is Oc1ccc(N2C(=S)N[C@@H](c3ccccn3)[C@H]2c2cccn2Cc2ccccn2)cc1. The Kier molecular flexibility index (Phi) is 5.09. The van der Waals surface area contributed by atoms with Gasteiger partial charge in [-0.05, 0) is 72.9 Å². The summed E-state index contributed by atoms with van der Waals surface area (Å²) < 4.78 is 2.20. The minimum absolute atomic E-state index is 0.120. The van der Waals surface area contributed by atoms with Crippen molar-refractivity contribution < 1.29 is 5.11 Å². The molecule has 1 saturated heterocycles. The van der Waals surface area contributed by atoms with Gasteiger partial charge in [-0.25, -0.2) is 0 Å². The molecule has 1 aliphatic heterocycles. The minimum Gasteiger partial charge on any atom is -0.508 e. The highest BCUT2D eigenvalue weighted by Gasteiger charge is 2.42. The van der Waals surface area contributed by atoms with Gasteiger partial charge in [-0.3, -0.25) is 9.97 Å². The van der Waals surface area contributed by atoms with Crippen LogP contribution in [0.1, 0.15) is 29.2 Å². The van der Waals surface area contributed by atoms with Crippen molar-refractivity contribution in [2.75, 3.05) is 4.90 Å². The number of aromatic hydroxyl groups is 1. The van der Waals surface area contributed by atoms with Gasteiger partial charge < -0.3 is 19.9 Å². The van der Waals surface area contributed by atoms with Gasteiger partial charge >= 0.3 is 0 Å². The molecule has 0 amide bonds. The Bertz CT molecular complexity index is 1180. The van der Waals surface area contributed by atoms with Crippen LogP contribution >= 0.6 is 12.2 Å². The zero-order valence-electron chi connectivity index (χ0n) is 16.7. The van der Waals surface area contributed by atoms with Gasteiger partial charge in [0.15, 0.2) is 5.11 Å². The molecule has 0 spiro atoms. The van der Waals surface area contributed by atoms with Crippen molar-refractivity contribution in [1.82, 2.24) is 19.9 Å². The molecule has 2 N–H and O–H groups in total. The van der Waals surface area contributed by atoms with E-state index in [2.05, 4.69) is 37.0 Å². The second kappa shape index (κ2) is 8.20. The molecule has 2 atom stereocenters. The Labute approximate surface area is 185 Å². The largest absolute Gasteiger partial charge is 0.508 e.